The first kappa shape index (κ1) is 18.2. The van der Waals surface area contributed by atoms with Gasteiger partial charge in [-0.2, -0.15) is 0 Å². The average molecular weight is 370 g/mol. The number of thiazole rings is 1. The molecule has 0 aliphatic rings. The minimum Gasteiger partial charge on any atom is -0.486 e. The third-order valence-electron chi connectivity index (χ3n) is 3.89. The van der Waals surface area contributed by atoms with Crippen molar-refractivity contribution in [2.45, 2.75) is 39.8 Å². The Kier molecular flexibility index (Phi) is 5.73. The van der Waals surface area contributed by atoms with Gasteiger partial charge in [-0.15, -0.1) is 11.3 Å². The number of ether oxygens (including phenoxy) is 1. The topological polar surface area (TPSA) is 64.4 Å². The third-order valence-corrected chi connectivity index (χ3v) is 4.76. The van der Waals surface area contributed by atoms with Crippen molar-refractivity contribution in [1.82, 2.24) is 10.3 Å². The first-order valence-electron chi connectivity index (χ1n) is 8.48. The SMILES string of the molecule is Cc1ccc(OCc2nc(CC(=O)NC(C)c3ccc(C)o3)cs2)cc1. The van der Waals surface area contributed by atoms with Crippen molar-refractivity contribution < 1.29 is 13.9 Å². The molecule has 0 radical (unpaired) electrons. The zero-order valence-electron chi connectivity index (χ0n) is 15.1. The molecule has 1 unspecified atom stereocenters. The van der Waals surface area contributed by atoms with Crippen molar-refractivity contribution in [3.8, 4) is 5.75 Å². The molecule has 0 aliphatic carbocycles. The fourth-order valence-electron chi connectivity index (χ4n) is 2.49. The number of amides is 1. The van der Waals surface area contributed by atoms with Crippen LogP contribution in [0.15, 0.2) is 46.2 Å². The highest BCUT2D eigenvalue weighted by Gasteiger charge is 2.14. The van der Waals surface area contributed by atoms with E-state index in [0.29, 0.717) is 6.61 Å². The Morgan fingerprint density at radius 1 is 1.23 bits per heavy atom. The van der Waals surface area contributed by atoms with Crippen molar-refractivity contribution in [3.63, 3.8) is 0 Å². The molecular weight excluding hydrogens is 348 g/mol. The lowest BCUT2D eigenvalue weighted by Crippen LogP contribution is -2.28. The molecule has 1 aromatic carbocycles. The Morgan fingerprint density at radius 3 is 2.69 bits per heavy atom. The number of hydrogen-bond acceptors (Lipinski definition) is 5. The van der Waals surface area contributed by atoms with Crippen molar-refractivity contribution >= 4 is 17.2 Å². The lowest BCUT2D eigenvalue weighted by molar-refractivity contribution is -0.121. The number of aromatic nitrogens is 1. The quantitative estimate of drug-likeness (QED) is 0.671. The van der Waals surface area contributed by atoms with E-state index in [0.717, 1.165) is 28.0 Å². The highest BCUT2D eigenvalue weighted by Crippen LogP contribution is 2.18. The van der Waals surface area contributed by atoms with E-state index >= 15 is 0 Å². The van der Waals surface area contributed by atoms with Crippen molar-refractivity contribution in [2.24, 2.45) is 0 Å². The van der Waals surface area contributed by atoms with Gasteiger partial charge in [0.05, 0.1) is 18.2 Å². The van der Waals surface area contributed by atoms with Gasteiger partial charge in [-0.05, 0) is 45.0 Å². The summed E-state index contributed by atoms with van der Waals surface area (Å²) >= 11 is 1.50. The number of aryl methyl sites for hydroxylation is 2. The van der Waals surface area contributed by atoms with Crippen LogP contribution in [-0.4, -0.2) is 10.9 Å². The van der Waals surface area contributed by atoms with Gasteiger partial charge in [0.1, 0.15) is 28.9 Å². The molecule has 0 fully saturated rings. The van der Waals surface area contributed by atoms with E-state index in [4.69, 9.17) is 9.15 Å². The largest absolute Gasteiger partial charge is 0.486 e. The van der Waals surface area contributed by atoms with Gasteiger partial charge in [-0.3, -0.25) is 4.79 Å². The minimum atomic E-state index is -0.167. The van der Waals surface area contributed by atoms with Crippen LogP contribution in [0.3, 0.4) is 0 Å². The monoisotopic (exact) mass is 370 g/mol. The van der Waals surface area contributed by atoms with Crippen LogP contribution < -0.4 is 10.1 Å². The second-order valence-electron chi connectivity index (χ2n) is 6.25. The summed E-state index contributed by atoms with van der Waals surface area (Å²) in [5, 5.41) is 5.68. The summed E-state index contributed by atoms with van der Waals surface area (Å²) < 4.78 is 11.3. The van der Waals surface area contributed by atoms with Crippen molar-refractivity contribution in [3.05, 3.63) is 69.6 Å². The number of furan rings is 1. The molecule has 3 aromatic rings. The second-order valence-corrected chi connectivity index (χ2v) is 7.19. The van der Waals surface area contributed by atoms with Gasteiger partial charge in [0.2, 0.25) is 5.91 Å². The predicted octanol–water partition coefficient (Wildman–Crippen LogP) is 4.35. The van der Waals surface area contributed by atoms with Crippen LogP contribution in [0.2, 0.25) is 0 Å². The van der Waals surface area contributed by atoms with Gasteiger partial charge in [0.25, 0.3) is 0 Å². The summed E-state index contributed by atoms with van der Waals surface area (Å²) in [6.45, 7) is 6.22. The zero-order valence-corrected chi connectivity index (χ0v) is 15.9. The fourth-order valence-corrected chi connectivity index (χ4v) is 3.20. The van der Waals surface area contributed by atoms with Crippen LogP contribution >= 0.6 is 11.3 Å². The maximum Gasteiger partial charge on any atom is 0.226 e. The average Bonchev–Trinajstić information content (AvgIpc) is 3.23. The van der Waals surface area contributed by atoms with E-state index in [1.165, 1.54) is 16.9 Å². The molecule has 5 nitrogen and oxygen atoms in total. The molecule has 26 heavy (non-hydrogen) atoms. The van der Waals surface area contributed by atoms with Gasteiger partial charge in [-0.25, -0.2) is 4.98 Å². The molecule has 1 amide bonds. The Labute approximate surface area is 157 Å². The fraction of sp³-hybridized carbons (Fsp3) is 0.300. The minimum absolute atomic E-state index is 0.0807. The van der Waals surface area contributed by atoms with Gasteiger partial charge in [0, 0.05) is 5.38 Å². The number of nitrogens with one attached hydrogen (secondary N) is 1. The van der Waals surface area contributed by atoms with Crippen LogP contribution in [0.5, 0.6) is 5.75 Å². The predicted molar refractivity (Wildman–Crippen MR) is 101 cm³/mol. The smallest absolute Gasteiger partial charge is 0.226 e. The number of rotatable bonds is 7. The Hall–Kier alpha value is -2.60. The molecule has 3 rings (SSSR count). The van der Waals surface area contributed by atoms with E-state index < -0.39 is 0 Å². The van der Waals surface area contributed by atoms with E-state index in [9.17, 15) is 4.79 Å². The molecule has 2 aromatic heterocycles. The normalized spacial score (nSPS) is 12.0. The van der Waals surface area contributed by atoms with Crippen molar-refractivity contribution in [1.29, 1.82) is 0 Å². The molecule has 0 saturated heterocycles. The maximum atomic E-state index is 12.2. The van der Waals surface area contributed by atoms with Crippen LogP contribution in [0, 0.1) is 13.8 Å². The Morgan fingerprint density at radius 2 is 2.00 bits per heavy atom. The highest BCUT2D eigenvalue weighted by atomic mass is 32.1. The van der Waals surface area contributed by atoms with Crippen molar-refractivity contribution in [2.75, 3.05) is 0 Å². The molecule has 0 spiro atoms. The molecule has 0 bridgehead atoms. The summed E-state index contributed by atoms with van der Waals surface area (Å²) in [6.07, 6.45) is 0.241. The molecular formula is C20H22N2O3S. The van der Waals surface area contributed by atoms with E-state index in [2.05, 4.69) is 10.3 Å². The zero-order chi connectivity index (χ0) is 18.5. The molecule has 1 atom stereocenters. The summed E-state index contributed by atoms with van der Waals surface area (Å²) in [7, 11) is 0. The number of hydrogen-bond donors (Lipinski definition) is 1. The van der Waals surface area contributed by atoms with Gasteiger partial charge >= 0.3 is 0 Å². The Balaban J connectivity index is 1.49. The summed E-state index contributed by atoms with van der Waals surface area (Å²) in [5.41, 5.74) is 1.94. The lowest BCUT2D eigenvalue weighted by Gasteiger charge is -2.10. The first-order chi connectivity index (χ1) is 12.5. The van der Waals surface area contributed by atoms with E-state index in [1.807, 2.05) is 62.5 Å². The first-order valence-corrected chi connectivity index (χ1v) is 9.36. The second kappa shape index (κ2) is 8.19. The lowest BCUT2D eigenvalue weighted by atomic mass is 10.2. The maximum absolute atomic E-state index is 12.2. The molecule has 0 aliphatic heterocycles. The molecule has 6 heteroatoms. The number of nitrogens with zero attached hydrogens (tertiary/aromatic N) is 1. The van der Waals surface area contributed by atoms with E-state index in [-0.39, 0.29) is 18.4 Å². The van der Waals surface area contributed by atoms with E-state index in [1.54, 1.807) is 0 Å². The van der Waals surface area contributed by atoms with Gasteiger partial charge in [0.15, 0.2) is 0 Å². The number of carbonyl (C=O) groups is 1. The molecule has 2 heterocycles. The number of benzene rings is 1. The van der Waals surface area contributed by atoms with Gasteiger partial charge < -0.3 is 14.5 Å². The summed E-state index contributed by atoms with van der Waals surface area (Å²) in [6, 6.07) is 11.5. The summed E-state index contributed by atoms with van der Waals surface area (Å²) in [4.78, 5) is 16.7. The molecule has 1 N–H and O–H groups in total. The highest BCUT2D eigenvalue weighted by molar-refractivity contribution is 7.09. The van der Waals surface area contributed by atoms with Crippen LogP contribution in [0.4, 0.5) is 0 Å². The molecule has 136 valence electrons. The van der Waals surface area contributed by atoms with Gasteiger partial charge in [-0.1, -0.05) is 17.7 Å². The number of carbonyl (C=O) groups excluding carboxylic acids is 1. The molecule has 0 saturated carbocycles. The van der Waals surface area contributed by atoms with Crippen LogP contribution in [-0.2, 0) is 17.8 Å². The Bertz CT molecular complexity index is 867. The van der Waals surface area contributed by atoms with Crippen LogP contribution in [0.1, 0.15) is 40.8 Å². The van der Waals surface area contributed by atoms with Crippen LogP contribution in [0.25, 0.3) is 0 Å². The standard InChI is InChI=1S/C20H22N2O3S/c1-13-4-7-17(8-5-13)24-11-20-22-16(12-26-20)10-19(23)21-15(3)18-9-6-14(2)25-18/h4-9,12,15H,10-11H2,1-3H3,(H,21,23). The third kappa shape index (κ3) is 4.95. The summed E-state index contributed by atoms with van der Waals surface area (Å²) in [5.74, 6) is 2.32.